The molecule has 1 saturated carbocycles. The van der Waals surface area contributed by atoms with Gasteiger partial charge in [-0.3, -0.25) is 4.79 Å². The van der Waals surface area contributed by atoms with Gasteiger partial charge >= 0.3 is 0 Å². The Morgan fingerprint density at radius 1 is 1.16 bits per heavy atom. The molecule has 1 fully saturated rings. The highest BCUT2D eigenvalue weighted by molar-refractivity contribution is 5.95. The van der Waals surface area contributed by atoms with Crippen LogP contribution in [0.4, 0.5) is 0 Å². The second kappa shape index (κ2) is 5.09. The predicted octanol–water partition coefficient (Wildman–Crippen LogP) is 1.41. The minimum Gasteiger partial charge on any atom is -0.454 e. The SMILES string of the molecule is NC1CCC(NC(=O)c2ccc3c(c2)OCO3)CC1. The maximum Gasteiger partial charge on any atom is 0.251 e. The Morgan fingerprint density at radius 3 is 2.68 bits per heavy atom. The number of hydrogen-bond acceptors (Lipinski definition) is 4. The van der Waals surface area contributed by atoms with Gasteiger partial charge in [-0.1, -0.05) is 0 Å². The van der Waals surface area contributed by atoms with E-state index in [0.717, 1.165) is 25.7 Å². The number of benzene rings is 1. The summed E-state index contributed by atoms with van der Waals surface area (Å²) >= 11 is 0. The molecule has 0 unspecified atom stereocenters. The van der Waals surface area contributed by atoms with Gasteiger partial charge in [0, 0.05) is 17.6 Å². The van der Waals surface area contributed by atoms with Crippen molar-refractivity contribution in [1.29, 1.82) is 0 Å². The van der Waals surface area contributed by atoms with Crippen LogP contribution in [0.1, 0.15) is 36.0 Å². The van der Waals surface area contributed by atoms with E-state index < -0.39 is 0 Å². The number of hydrogen-bond donors (Lipinski definition) is 2. The fraction of sp³-hybridized carbons (Fsp3) is 0.500. The van der Waals surface area contributed by atoms with Crippen LogP contribution in [0.25, 0.3) is 0 Å². The quantitative estimate of drug-likeness (QED) is 0.845. The lowest BCUT2D eigenvalue weighted by molar-refractivity contribution is 0.0925. The molecule has 19 heavy (non-hydrogen) atoms. The van der Waals surface area contributed by atoms with Gasteiger partial charge in [-0.05, 0) is 43.9 Å². The van der Waals surface area contributed by atoms with E-state index in [0.29, 0.717) is 23.1 Å². The van der Waals surface area contributed by atoms with E-state index in [1.807, 2.05) is 0 Å². The average Bonchev–Trinajstić information content (AvgIpc) is 2.88. The van der Waals surface area contributed by atoms with Crippen LogP contribution in [0, 0.1) is 0 Å². The molecular weight excluding hydrogens is 244 g/mol. The molecule has 0 atom stereocenters. The number of rotatable bonds is 2. The maximum atomic E-state index is 12.2. The molecule has 3 rings (SSSR count). The molecule has 1 aliphatic heterocycles. The molecule has 0 saturated heterocycles. The first-order valence-corrected chi connectivity index (χ1v) is 6.68. The molecule has 1 heterocycles. The highest BCUT2D eigenvalue weighted by Crippen LogP contribution is 2.32. The van der Waals surface area contributed by atoms with Crippen molar-refractivity contribution in [2.45, 2.75) is 37.8 Å². The lowest BCUT2D eigenvalue weighted by Crippen LogP contribution is -2.40. The van der Waals surface area contributed by atoms with Crippen molar-refractivity contribution in [1.82, 2.24) is 5.32 Å². The Bertz CT molecular complexity index is 482. The summed E-state index contributed by atoms with van der Waals surface area (Å²) < 4.78 is 10.5. The van der Waals surface area contributed by atoms with Crippen LogP contribution in [0.3, 0.4) is 0 Å². The molecule has 0 aromatic heterocycles. The van der Waals surface area contributed by atoms with Crippen molar-refractivity contribution in [2.75, 3.05) is 6.79 Å². The van der Waals surface area contributed by atoms with Gasteiger partial charge in [-0.15, -0.1) is 0 Å². The van der Waals surface area contributed by atoms with Crippen molar-refractivity contribution in [3.8, 4) is 11.5 Å². The fourth-order valence-electron chi connectivity index (χ4n) is 2.57. The van der Waals surface area contributed by atoms with Crippen molar-refractivity contribution in [3.63, 3.8) is 0 Å². The largest absolute Gasteiger partial charge is 0.454 e. The maximum absolute atomic E-state index is 12.2. The predicted molar refractivity (Wildman–Crippen MR) is 70.3 cm³/mol. The molecule has 0 bridgehead atoms. The minimum absolute atomic E-state index is 0.0567. The number of carbonyl (C=O) groups is 1. The second-order valence-corrected chi connectivity index (χ2v) is 5.15. The van der Waals surface area contributed by atoms with E-state index in [4.69, 9.17) is 15.2 Å². The van der Waals surface area contributed by atoms with Crippen molar-refractivity contribution >= 4 is 5.91 Å². The van der Waals surface area contributed by atoms with Crippen LogP contribution in [0.15, 0.2) is 18.2 Å². The first kappa shape index (κ1) is 12.3. The summed E-state index contributed by atoms with van der Waals surface area (Å²) in [5.41, 5.74) is 6.47. The smallest absolute Gasteiger partial charge is 0.251 e. The minimum atomic E-state index is -0.0567. The van der Waals surface area contributed by atoms with Crippen LogP contribution < -0.4 is 20.5 Å². The molecule has 5 nitrogen and oxygen atoms in total. The zero-order valence-electron chi connectivity index (χ0n) is 10.7. The number of carbonyl (C=O) groups excluding carboxylic acids is 1. The number of ether oxygens (including phenoxy) is 2. The Labute approximate surface area is 112 Å². The summed E-state index contributed by atoms with van der Waals surface area (Å²) in [4.78, 5) is 12.2. The molecule has 0 spiro atoms. The fourth-order valence-corrected chi connectivity index (χ4v) is 2.57. The lowest BCUT2D eigenvalue weighted by Gasteiger charge is -2.26. The topological polar surface area (TPSA) is 73.6 Å². The molecule has 0 radical (unpaired) electrons. The molecule has 5 heteroatoms. The lowest BCUT2D eigenvalue weighted by atomic mass is 9.91. The van der Waals surface area contributed by atoms with Gasteiger partial charge in [0.2, 0.25) is 6.79 Å². The molecule has 1 aromatic rings. The van der Waals surface area contributed by atoms with Gasteiger partial charge in [-0.25, -0.2) is 0 Å². The number of fused-ring (bicyclic) bond motifs is 1. The van der Waals surface area contributed by atoms with Crippen LogP contribution >= 0.6 is 0 Å². The van der Waals surface area contributed by atoms with E-state index in [9.17, 15) is 4.79 Å². The highest BCUT2D eigenvalue weighted by Gasteiger charge is 2.22. The molecule has 1 aromatic carbocycles. The first-order chi connectivity index (χ1) is 9.22. The van der Waals surface area contributed by atoms with E-state index in [2.05, 4.69) is 5.32 Å². The highest BCUT2D eigenvalue weighted by atomic mass is 16.7. The normalized spacial score (nSPS) is 25.1. The van der Waals surface area contributed by atoms with E-state index in [1.165, 1.54) is 0 Å². The molecule has 102 valence electrons. The van der Waals surface area contributed by atoms with Gasteiger partial charge in [0.25, 0.3) is 5.91 Å². The molecule has 3 N–H and O–H groups in total. The Kier molecular flexibility index (Phi) is 3.29. The van der Waals surface area contributed by atoms with Crippen LogP contribution in [0.2, 0.25) is 0 Å². The monoisotopic (exact) mass is 262 g/mol. The van der Waals surface area contributed by atoms with Crippen LogP contribution in [-0.2, 0) is 0 Å². The summed E-state index contributed by atoms with van der Waals surface area (Å²) in [7, 11) is 0. The Balaban J connectivity index is 1.64. The van der Waals surface area contributed by atoms with Crippen molar-refractivity contribution in [2.24, 2.45) is 5.73 Å². The van der Waals surface area contributed by atoms with Gasteiger partial charge in [0.1, 0.15) is 0 Å². The van der Waals surface area contributed by atoms with E-state index in [1.54, 1.807) is 18.2 Å². The number of nitrogens with two attached hydrogens (primary N) is 1. The van der Waals surface area contributed by atoms with Gasteiger partial charge < -0.3 is 20.5 Å². The molecule has 1 aliphatic carbocycles. The average molecular weight is 262 g/mol. The summed E-state index contributed by atoms with van der Waals surface area (Å²) in [6.07, 6.45) is 3.87. The van der Waals surface area contributed by atoms with Crippen molar-refractivity contribution < 1.29 is 14.3 Å². The third-order valence-corrected chi connectivity index (χ3v) is 3.74. The zero-order valence-corrected chi connectivity index (χ0v) is 10.7. The third kappa shape index (κ3) is 2.66. The summed E-state index contributed by atoms with van der Waals surface area (Å²) in [5.74, 6) is 1.28. The van der Waals surface area contributed by atoms with Gasteiger partial charge in [0.05, 0.1) is 0 Å². The Morgan fingerprint density at radius 2 is 1.89 bits per heavy atom. The molecular formula is C14H18N2O3. The van der Waals surface area contributed by atoms with Crippen LogP contribution in [-0.4, -0.2) is 24.8 Å². The number of nitrogens with one attached hydrogen (secondary N) is 1. The van der Waals surface area contributed by atoms with Gasteiger partial charge in [0.15, 0.2) is 11.5 Å². The van der Waals surface area contributed by atoms with E-state index >= 15 is 0 Å². The van der Waals surface area contributed by atoms with Crippen molar-refractivity contribution in [3.05, 3.63) is 23.8 Å². The van der Waals surface area contributed by atoms with Gasteiger partial charge in [-0.2, -0.15) is 0 Å². The first-order valence-electron chi connectivity index (χ1n) is 6.68. The van der Waals surface area contributed by atoms with E-state index in [-0.39, 0.29) is 18.7 Å². The zero-order chi connectivity index (χ0) is 13.2. The molecule has 2 aliphatic rings. The number of amides is 1. The summed E-state index contributed by atoms with van der Waals surface area (Å²) in [6, 6.07) is 5.79. The summed E-state index contributed by atoms with van der Waals surface area (Å²) in [5, 5.41) is 3.06. The second-order valence-electron chi connectivity index (χ2n) is 5.15. The molecule has 1 amide bonds. The summed E-state index contributed by atoms with van der Waals surface area (Å²) in [6.45, 7) is 0.223. The van der Waals surface area contributed by atoms with Crippen LogP contribution in [0.5, 0.6) is 11.5 Å². The standard InChI is InChI=1S/C14H18N2O3/c15-10-2-4-11(5-3-10)16-14(17)9-1-6-12-13(7-9)19-8-18-12/h1,6-7,10-11H,2-5,8,15H2,(H,16,17). The Hall–Kier alpha value is -1.75. The third-order valence-electron chi connectivity index (χ3n) is 3.74.